The van der Waals surface area contributed by atoms with Gasteiger partial charge in [0.05, 0.1) is 22.9 Å². The second-order valence-corrected chi connectivity index (χ2v) is 9.41. The summed E-state index contributed by atoms with van der Waals surface area (Å²) in [5.74, 6) is -2.24. The van der Waals surface area contributed by atoms with Gasteiger partial charge in [0.2, 0.25) is 0 Å². The molecule has 1 aliphatic heterocycles. The van der Waals surface area contributed by atoms with Gasteiger partial charge in [0.15, 0.2) is 0 Å². The van der Waals surface area contributed by atoms with E-state index in [4.69, 9.17) is 5.26 Å². The fourth-order valence-electron chi connectivity index (χ4n) is 5.20. The summed E-state index contributed by atoms with van der Waals surface area (Å²) < 4.78 is 15.6. The number of fused-ring (bicyclic) bond motifs is 3. The number of aromatic nitrogens is 4. The molecule has 3 aliphatic rings. The number of amides is 2. The molecule has 3 heterocycles. The molecule has 0 radical (unpaired) electrons. The number of rotatable bonds is 6. The monoisotopic (exact) mass is 473 g/mol. The Labute approximate surface area is 198 Å². The van der Waals surface area contributed by atoms with E-state index in [9.17, 15) is 18.8 Å². The zero-order valence-corrected chi connectivity index (χ0v) is 18.7. The number of aromatic amines is 1. The molecule has 0 bridgehead atoms. The molecule has 10 nitrogen and oxygen atoms in total. The molecule has 0 saturated heterocycles. The van der Waals surface area contributed by atoms with Crippen LogP contribution in [0.3, 0.4) is 0 Å². The SMILES string of the molecule is Cc1c(C(=O)C(=O)NC2(c3cn[nH]n3)CC2)c2n(c1C(=O)Nc1ccc(F)c(C#N)c1)[C@@H]1C[C@@H]1C2. The van der Waals surface area contributed by atoms with E-state index in [1.54, 1.807) is 13.0 Å². The minimum atomic E-state index is -0.744. The molecule has 11 heteroatoms. The minimum absolute atomic E-state index is 0.113. The lowest BCUT2D eigenvalue weighted by atomic mass is 10.0. The second-order valence-electron chi connectivity index (χ2n) is 9.41. The van der Waals surface area contributed by atoms with Crippen molar-refractivity contribution in [3.8, 4) is 6.07 Å². The fourth-order valence-corrected chi connectivity index (χ4v) is 5.20. The first-order chi connectivity index (χ1) is 16.8. The van der Waals surface area contributed by atoms with Crippen molar-refractivity contribution in [1.82, 2.24) is 25.3 Å². The van der Waals surface area contributed by atoms with Crippen molar-refractivity contribution >= 4 is 23.3 Å². The van der Waals surface area contributed by atoms with Crippen LogP contribution in [0.4, 0.5) is 10.1 Å². The van der Waals surface area contributed by atoms with Gasteiger partial charge in [0.1, 0.15) is 23.3 Å². The van der Waals surface area contributed by atoms with Gasteiger partial charge in [-0.05, 0) is 62.3 Å². The topological polar surface area (TPSA) is 146 Å². The van der Waals surface area contributed by atoms with Crippen LogP contribution < -0.4 is 10.6 Å². The third-order valence-electron chi connectivity index (χ3n) is 7.22. The zero-order chi connectivity index (χ0) is 24.5. The first kappa shape index (κ1) is 21.2. The highest BCUT2D eigenvalue weighted by molar-refractivity contribution is 6.44. The van der Waals surface area contributed by atoms with Gasteiger partial charge in [0, 0.05) is 17.4 Å². The van der Waals surface area contributed by atoms with Crippen molar-refractivity contribution in [2.45, 2.75) is 44.2 Å². The van der Waals surface area contributed by atoms with Crippen molar-refractivity contribution in [3.63, 3.8) is 0 Å². The molecule has 0 unspecified atom stereocenters. The predicted octanol–water partition coefficient (Wildman–Crippen LogP) is 2.28. The molecule has 35 heavy (non-hydrogen) atoms. The van der Waals surface area contributed by atoms with Gasteiger partial charge in [-0.3, -0.25) is 14.4 Å². The third kappa shape index (κ3) is 3.24. The van der Waals surface area contributed by atoms with Crippen molar-refractivity contribution in [2.75, 3.05) is 5.32 Å². The smallest absolute Gasteiger partial charge is 0.293 e. The van der Waals surface area contributed by atoms with Crippen LogP contribution in [0, 0.1) is 30.0 Å². The summed E-state index contributed by atoms with van der Waals surface area (Å²) in [4.78, 5) is 39.7. The second kappa shape index (κ2) is 7.33. The summed E-state index contributed by atoms with van der Waals surface area (Å²) in [5, 5.41) is 25.0. The summed E-state index contributed by atoms with van der Waals surface area (Å²) in [6.07, 6.45) is 4.38. The van der Waals surface area contributed by atoms with Gasteiger partial charge < -0.3 is 15.2 Å². The number of benzene rings is 1. The summed E-state index contributed by atoms with van der Waals surface area (Å²) in [6, 6.07) is 5.61. The van der Waals surface area contributed by atoms with Gasteiger partial charge in [0.25, 0.3) is 17.6 Å². The molecule has 3 aromatic rings. The van der Waals surface area contributed by atoms with E-state index >= 15 is 0 Å². The molecule has 2 amide bonds. The summed E-state index contributed by atoms with van der Waals surface area (Å²) in [5.41, 5.74) is 1.65. The highest BCUT2D eigenvalue weighted by atomic mass is 19.1. The number of anilines is 1. The van der Waals surface area contributed by atoms with E-state index in [-0.39, 0.29) is 22.9 Å². The molecule has 1 aromatic carbocycles. The number of nitrogens with zero attached hydrogens (tertiary/aromatic N) is 4. The van der Waals surface area contributed by atoms with Gasteiger partial charge in [-0.25, -0.2) is 4.39 Å². The van der Waals surface area contributed by atoms with Crippen LogP contribution in [0.5, 0.6) is 0 Å². The minimum Gasteiger partial charge on any atom is -0.338 e. The van der Waals surface area contributed by atoms with Gasteiger partial charge in [-0.1, -0.05) is 0 Å². The molecule has 2 fully saturated rings. The lowest BCUT2D eigenvalue weighted by Crippen LogP contribution is -2.40. The Kier molecular flexibility index (Phi) is 4.45. The number of halogens is 1. The van der Waals surface area contributed by atoms with Crippen molar-refractivity contribution in [2.24, 2.45) is 5.92 Å². The Morgan fingerprint density at radius 2 is 2.11 bits per heavy atom. The maximum atomic E-state index is 13.7. The number of H-pyrrole nitrogens is 1. The number of ketones is 1. The fraction of sp³-hybridized carbons (Fsp3) is 0.333. The van der Waals surface area contributed by atoms with Crippen molar-refractivity contribution < 1.29 is 18.8 Å². The number of hydrogen-bond acceptors (Lipinski definition) is 6. The van der Waals surface area contributed by atoms with Crippen LogP contribution in [0.15, 0.2) is 24.4 Å². The average molecular weight is 473 g/mol. The molecule has 3 N–H and O–H groups in total. The van der Waals surface area contributed by atoms with E-state index in [0.717, 1.165) is 12.5 Å². The number of nitriles is 1. The Hall–Kier alpha value is -4.33. The van der Waals surface area contributed by atoms with Crippen LogP contribution in [0.1, 0.15) is 68.7 Å². The van der Waals surface area contributed by atoms with Crippen LogP contribution >= 0.6 is 0 Å². The van der Waals surface area contributed by atoms with E-state index in [2.05, 4.69) is 26.0 Å². The van der Waals surface area contributed by atoms with Gasteiger partial charge in [-0.2, -0.15) is 20.7 Å². The van der Waals surface area contributed by atoms with Crippen LogP contribution in [-0.4, -0.2) is 37.6 Å². The first-order valence-corrected chi connectivity index (χ1v) is 11.3. The van der Waals surface area contributed by atoms with Crippen LogP contribution in [-0.2, 0) is 16.8 Å². The average Bonchev–Trinajstić information content (AvgIpc) is 3.62. The molecule has 2 aromatic heterocycles. The lowest BCUT2D eigenvalue weighted by Gasteiger charge is -2.14. The molecular formula is C24H20FN7O3. The van der Waals surface area contributed by atoms with Crippen LogP contribution in [0.2, 0.25) is 0 Å². The zero-order valence-electron chi connectivity index (χ0n) is 18.7. The van der Waals surface area contributed by atoms with Crippen LogP contribution in [0.25, 0.3) is 0 Å². The Morgan fingerprint density at radius 3 is 2.80 bits per heavy atom. The first-order valence-electron chi connectivity index (χ1n) is 11.3. The van der Waals surface area contributed by atoms with Gasteiger partial charge in [-0.15, -0.1) is 0 Å². The van der Waals surface area contributed by atoms with E-state index < -0.39 is 29.0 Å². The largest absolute Gasteiger partial charge is 0.338 e. The van der Waals surface area contributed by atoms with Gasteiger partial charge >= 0.3 is 0 Å². The van der Waals surface area contributed by atoms with E-state index in [0.29, 0.717) is 47.8 Å². The normalized spacial score (nSPS) is 20.4. The molecule has 0 spiro atoms. The van der Waals surface area contributed by atoms with E-state index in [1.165, 1.54) is 18.3 Å². The summed E-state index contributed by atoms with van der Waals surface area (Å²) in [7, 11) is 0. The Morgan fingerprint density at radius 1 is 1.31 bits per heavy atom. The number of hydrogen-bond donors (Lipinski definition) is 3. The summed E-state index contributed by atoms with van der Waals surface area (Å²) in [6.45, 7) is 1.66. The molecule has 176 valence electrons. The van der Waals surface area contributed by atoms with Crippen molar-refractivity contribution in [1.29, 1.82) is 5.26 Å². The van der Waals surface area contributed by atoms with E-state index in [1.807, 2.05) is 4.57 Å². The summed E-state index contributed by atoms with van der Waals surface area (Å²) >= 11 is 0. The Balaban J connectivity index is 1.31. The Bertz CT molecular complexity index is 1460. The quantitative estimate of drug-likeness (QED) is 0.370. The number of Topliss-reactive ketones (excluding diaryl/α,β-unsaturated/α-hetero) is 1. The predicted molar refractivity (Wildman–Crippen MR) is 119 cm³/mol. The number of nitrogens with one attached hydrogen (secondary N) is 3. The number of carbonyl (C=O) groups is 3. The molecule has 2 saturated carbocycles. The molecule has 2 aliphatic carbocycles. The maximum Gasteiger partial charge on any atom is 0.293 e. The third-order valence-corrected chi connectivity index (χ3v) is 7.22. The van der Waals surface area contributed by atoms with Crippen molar-refractivity contribution in [3.05, 3.63) is 64.0 Å². The highest BCUT2D eigenvalue weighted by Gasteiger charge is 2.52. The molecular weight excluding hydrogens is 453 g/mol. The molecule has 6 rings (SSSR count). The molecule has 2 atom stereocenters. The standard InChI is InChI=1S/C24H20FN7O3/c1-11-19(21(33)23(35)29-24(4-5-24)18-10-27-31-30-18)17-8-12-7-16(12)32(17)20(11)22(34)28-14-2-3-15(25)13(6-14)9-26/h2-3,6,10,12,16H,4-5,7-8H2,1H3,(H,28,34)(H,29,35)(H,27,30,31)/t12-,16-/m1/s1. The maximum absolute atomic E-state index is 13.7. The highest BCUT2D eigenvalue weighted by Crippen LogP contribution is 2.54. The number of carbonyl (C=O) groups excluding carboxylic acids is 3. The lowest BCUT2D eigenvalue weighted by molar-refractivity contribution is -0.118.